The molecule has 1 N–H and O–H groups in total. The summed E-state index contributed by atoms with van der Waals surface area (Å²) in [6, 6.07) is 3.72. The molecule has 2 rings (SSSR count). The molecule has 1 atom stereocenters. The molecule has 1 unspecified atom stereocenters. The van der Waals surface area contributed by atoms with Crippen LogP contribution >= 0.6 is 11.3 Å². The van der Waals surface area contributed by atoms with Crippen molar-refractivity contribution in [2.24, 2.45) is 0 Å². The third-order valence-electron chi connectivity index (χ3n) is 2.22. The molecule has 0 aliphatic carbocycles. The topological polar surface area (TPSA) is 54.9 Å². The summed E-state index contributed by atoms with van der Waals surface area (Å²) >= 11 is 1.41. The van der Waals surface area contributed by atoms with Gasteiger partial charge in [0.2, 0.25) is 0 Å². The van der Waals surface area contributed by atoms with Gasteiger partial charge in [-0.1, -0.05) is 0 Å². The molecular formula is C11H11N3OS. The minimum absolute atomic E-state index is 0.0443. The van der Waals surface area contributed by atoms with E-state index in [0.29, 0.717) is 5.69 Å². The molecule has 0 aliphatic heterocycles. The lowest BCUT2D eigenvalue weighted by molar-refractivity contribution is 0.0935. The summed E-state index contributed by atoms with van der Waals surface area (Å²) in [7, 11) is 0. The van der Waals surface area contributed by atoms with Gasteiger partial charge in [-0.15, -0.1) is 11.3 Å². The Morgan fingerprint density at radius 2 is 2.19 bits per heavy atom. The van der Waals surface area contributed by atoms with Crippen molar-refractivity contribution in [3.8, 4) is 0 Å². The number of carbonyl (C=O) groups is 1. The lowest BCUT2D eigenvalue weighted by Crippen LogP contribution is -2.26. The molecule has 4 nitrogen and oxygen atoms in total. The van der Waals surface area contributed by atoms with Crippen molar-refractivity contribution in [1.82, 2.24) is 15.3 Å². The van der Waals surface area contributed by atoms with Crippen LogP contribution in [0.15, 0.2) is 35.4 Å². The number of pyridine rings is 1. The first-order valence-corrected chi connectivity index (χ1v) is 5.80. The van der Waals surface area contributed by atoms with Crippen molar-refractivity contribution >= 4 is 17.2 Å². The monoisotopic (exact) mass is 233 g/mol. The molecule has 0 fully saturated rings. The molecule has 1 amide bonds. The van der Waals surface area contributed by atoms with Gasteiger partial charge in [0.25, 0.3) is 5.91 Å². The number of aromatic nitrogens is 2. The summed E-state index contributed by atoms with van der Waals surface area (Å²) in [4.78, 5) is 19.6. The second-order valence-corrected chi connectivity index (χ2v) is 4.07. The van der Waals surface area contributed by atoms with Crippen molar-refractivity contribution in [1.29, 1.82) is 0 Å². The van der Waals surface area contributed by atoms with Gasteiger partial charge in [-0.2, -0.15) is 0 Å². The third-order valence-corrected chi connectivity index (χ3v) is 2.81. The van der Waals surface area contributed by atoms with Crippen LogP contribution in [0.2, 0.25) is 0 Å². The highest BCUT2D eigenvalue weighted by atomic mass is 32.1. The van der Waals surface area contributed by atoms with Crippen LogP contribution in [0.3, 0.4) is 0 Å². The van der Waals surface area contributed by atoms with Crippen LogP contribution in [-0.2, 0) is 0 Å². The fourth-order valence-corrected chi connectivity index (χ4v) is 1.86. The fourth-order valence-electron chi connectivity index (χ4n) is 1.33. The Labute approximate surface area is 97.4 Å². The van der Waals surface area contributed by atoms with E-state index in [2.05, 4.69) is 15.3 Å². The van der Waals surface area contributed by atoms with Gasteiger partial charge >= 0.3 is 0 Å². The summed E-state index contributed by atoms with van der Waals surface area (Å²) in [5.74, 6) is -0.148. The first-order valence-electron chi connectivity index (χ1n) is 4.86. The number of hydrogen-bond donors (Lipinski definition) is 1. The van der Waals surface area contributed by atoms with Gasteiger partial charge in [0.05, 0.1) is 11.6 Å². The fraction of sp³-hybridized carbons (Fsp3) is 0.182. The molecular weight excluding hydrogens is 222 g/mol. The van der Waals surface area contributed by atoms with Crippen molar-refractivity contribution in [3.63, 3.8) is 0 Å². The Morgan fingerprint density at radius 1 is 1.44 bits per heavy atom. The summed E-state index contributed by atoms with van der Waals surface area (Å²) in [5.41, 5.74) is 3.14. The minimum atomic E-state index is -0.148. The van der Waals surface area contributed by atoms with E-state index in [1.54, 1.807) is 23.3 Å². The number of thiazole rings is 1. The maximum absolute atomic E-state index is 11.7. The predicted octanol–water partition coefficient (Wildman–Crippen LogP) is 2.03. The van der Waals surface area contributed by atoms with Gasteiger partial charge < -0.3 is 5.32 Å². The molecule has 16 heavy (non-hydrogen) atoms. The van der Waals surface area contributed by atoms with E-state index in [4.69, 9.17) is 0 Å². The van der Waals surface area contributed by atoms with Crippen molar-refractivity contribution in [2.75, 3.05) is 0 Å². The molecule has 5 heteroatoms. The molecule has 2 heterocycles. The van der Waals surface area contributed by atoms with Crippen molar-refractivity contribution < 1.29 is 4.79 Å². The van der Waals surface area contributed by atoms with E-state index in [1.165, 1.54) is 11.3 Å². The second kappa shape index (κ2) is 4.85. The molecule has 0 saturated carbocycles. The van der Waals surface area contributed by atoms with E-state index in [0.717, 1.165) is 5.56 Å². The number of amides is 1. The van der Waals surface area contributed by atoms with Crippen LogP contribution < -0.4 is 5.32 Å². The van der Waals surface area contributed by atoms with Crippen molar-refractivity contribution in [2.45, 2.75) is 13.0 Å². The van der Waals surface area contributed by atoms with E-state index in [1.807, 2.05) is 19.1 Å². The molecule has 0 aliphatic rings. The van der Waals surface area contributed by atoms with Crippen LogP contribution in [0, 0.1) is 0 Å². The van der Waals surface area contributed by atoms with Gasteiger partial charge in [-0.3, -0.25) is 9.78 Å². The summed E-state index contributed by atoms with van der Waals surface area (Å²) < 4.78 is 0. The SMILES string of the molecule is CC(NC(=O)c1cscn1)c1ccncc1. The van der Waals surface area contributed by atoms with Crippen LogP contribution in [0.25, 0.3) is 0 Å². The van der Waals surface area contributed by atoms with E-state index < -0.39 is 0 Å². The molecule has 0 saturated heterocycles. The molecule has 0 radical (unpaired) electrons. The normalized spacial score (nSPS) is 12.1. The number of nitrogens with zero attached hydrogens (tertiary/aromatic N) is 2. The molecule has 2 aromatic heterocycles. The van der Waals surface area contributed by atoms with Gasteiger partial charge in [0, 0.05) is 17.8 Å². The highest BCUT2D eigenvalue weighted by Crippen LogP contribution is 2.11. The van der Waals surface area contributed by atoms with Crippen LogP contribution in [0.5, 0.6) is 0 Å². The first-order chi connectivity index (χ1) is 7.77. The average molecular weight is 233 g/mol. The Balaban J connectivity index is 2.03. The lowest BCUT2D eigenvalue weighted by atomic mass is 10.1. The summed E-state index contributed by atoms with van der Waals surface area (Å²) in [6.07, 6.45) is 3.42. The summed E-state index contributed by atoms with van der Waals surface area (Å²) in [5, 5.41) is 4.61. The Bertz CT molecular complexity index is 455. The van der Waals surface area contributed by atoms with E-state index >= 15 is 0 Å². The van der Waals surface area contributed by atoms with Crippen LogP contribution in [0.4, 0.5) is 0 Å². The van der Waals surface area contributed by atoms with Crippen LogP contribution in [0.1, 0.15) is 29.0 Å². The molecule has 0 spiro atoms. The quantitative estimate of drug-likeness (QED) is 0.882. The van der Waals surface area contributed by atoms with Gasteiger partial charge in [0.15, 0.2) is 0 Å². The highest BCUT2D eigenvalue weighted by molar-refractivity contribution is 7.07. The van der Waals surface area contributed by atoms with Gasteiger partial charge in [-0.05, 0) is 24.6 Å². The highest BCUT2D eigenvalue weighted by Gasteiger charge is 2.12. The predicted molar refractivity (Wildman–Crippen MR) is 62.2 cm³/mol. The first kappa shape index (κ1) is 10.8. The Hall–Kier alpha value is -1.75. The van der Waals surface area contributed by atoms with Gasteiger partial charge in [0.1, 0.15) is 5.69 Å². The zero-order valence-corrected chi connectivity index (χ0v) is 9.57. The average Bonchev–Trinajstić information content (AvgIpc) is 2.83. The van der Waals surface area contributed by atoms with Gasteiger partial charge in [-0.25, -0.2) is 4.98 Å². The minimum Gasteiger partial charge on any atom is -0.344 e. The largest absolute Gasteiger partial charge is 0.344 e. The number of nitrogens with one attached hydrogen (secondary N) is 1. The van der Waals surface area contributed by atoms with E-state index in [-0.39, 0.29) is 11.9 Å². The van der Waals surface area contributed by atoms with Crippen molar-refractivity contribution in [3.05, 3.63) is 46.7 Å². The number of carbonyl (C=O) groups excluding carboxylic acids is 1. The molecule has 82 valence electrons. The Kier molecular flexibility index (Phi) is 3.26. The maximum atomic E-state index is 11.7. The molecule has 0 aromatic carbocycles. The Morgan fingerprint density at radius 3 is 2.81 bits per heavy atom. The van der Waals surface area contributed by atoms with Crippen LogP contribution in [-0.4, -0.2) is 15.9 Å². The number of hydrogen-bond acceptors (Lipinski definition) is 4. The molecule has 2 aromatic rings. The zero-order chi connectivity index (χ0) is 11.4. The smallest absolute Gasteiger partial charge is 0.271 e. The standard InChI is InChI=1S/C11H11N3OS/c1-8(9-2-4-12-5-3-9)14-11(15)10-6-16-7-13-10/h2-8H,1H3,(H,14,15). The second-order valence-electron chi connectivity index (χ2n) is 3.35. The van der Waals surface area contributed by atoms with E-state index in [9.17, 15) is 4.79 Å². The zero-order valence-electron chi connectivity index (χ0n) is 8.75. The lowest BCUT2D eigenvalue weighted by Gasteiger charge is -2.12. The summed E-state index contributed by atoms with van der Waals surface area (Å²) in [6.45, 7) is 1.93. The maximum Gasteiger partial charge on any atom is 0.271 e. The number of rotatable bonds is 3. The third kappa shape index (κ3) is 2.43. The molecule has 0 bridgehead atoms.